The topological polar surface area (TPSA) is 33.8 Å². The first-order chi connectivity index (χ1) is 13.5. The Balaban J connectivity index is 1.44. The fourth-order valence-electron chi connectivity index (χ4n) is 4.52. The van der Waals surface area contributed by atoms with Crippen LogP contribution in [0, 0.1) is 24.2 Å². The fourth-order valence-corrected chi connectivity index (χ4v) is 4.72. The lowest BCUT2D eigenvalue weighted by atomic mass is 9.75. The van der Waals surface area contributed by atoms with Crippen molar-refractivity contribution in [1.82, 2.24) is 15.1 Å². The van der Waals surface area contributed by atoms with Crippen LogP contribution in [0.25, 0.3) is 0 Å². The summed E-state index contributed by atoms with van der Waals surface area (Å²) in [6.45, 7) is 5.14. The van der Waals surface area contributed by atoms with Crippen molar-refractivity contribution in [2.45, 2.75) is 18.9 Å². The van der Waals surface area contributed by atoms with Crippen LogP contribution >= 0.6 is 12.2 Å². The second kappa shape index (κ2) is 9.60. The Morgan fingerprint density at radius 1 is 1.29 bits per heavy atom. The van der Waals surface area contributed by atoms with Crippen LogP contribution < -0.4 is 15.5 Å². The van der Waals surface area contributed by atoms with Crippen molar-refractivity contribution in [3.05, 3.63) is 24.3 Å². The summed E-state index contributed by atoms with van der Waals surface area (Å²) >= 11 is 5.51. The summed E-state index contributed by atoms with van der Waals surface area (Å²) in [4.78, 5) is 7.00. The van der Waals surface area contributed by atoms with Crippen LogP contribution in [-0.4, -0.2) is 74.8 Å². The van der Waals surface area contributed by atoms with Gasteiger partial charge in [0.2, 0.25) is 0 Å². The van der Waals surface area contributed by atoms with Gasteiger partial charge in [0, 0.05) is 51.1 Å². The molecule has 4 unspecified atom stereocenters. The predicted molar refractivity (Wildman–Crippen MR) is 123 cm³/mol. The van der Waals surface area contributed by atoms with Crippen molar-refractivity contribution in [1.29, 1.82) is 0 Å². The summed E-state index contributed by atoms with van der Waals surface area (Å²) in [5, 5.41) is 7.43. The van der Waals surface area contributed by atoms with Gasteiger partial charge in [-0.1, -0.05) is 5.92 Å². The first kappa shape index (κ1) is 20.9. The molecule has 3 fully saturated rings. The molecular weight excluding hydrogens is 366 g/mol. The SMILES string of the molecule is C#CCN(C)CC1CN2CCC1CC2CNC(=S)Nc1ccc(N(C)C)cc1. The molecule has 3 heterocycles. The van der Waals surface area contributed by atoms with Crippen LogP contribution in [0.5, 0.6) is 0 Å². The predicted octanol–water partition coefficient (Wildman–Crippen LogP) is 2.31. The van der Waals surface area contributed by atoms with Crippen molar-refractivity contribution >= 4 is 28.7 Å². The van der Waals surface area contributed by atoms with E-state index in [1.54, 1.807) is 0 Å². The van der Waals surface area contributed by atoms with Crippen molar-refractivity contribution in [3.8, 4) is 12.3 Å². The first-order valence-corrected chi connectivity index (χ1v) is 10.6. The zero-order chi connectivity index (χ0) is 20.1. The summed E-state index contributed by atoms with van der Waals surface area (Å²) in [7, 11) is 6.21. The summed E-state index contributed by atoms with van der Waals surface area (Å²) in [5.41, 5.74) is 2.20. The Morgan fingerprint density at radius 2 is 2.04 bits per heavy atom. The van der Waals surface area contributed by atoms with E-state index in [1.807, 2.05) is 14.1 Å². The van der Waals surface area contributed by atoms with Gasteiger partial charge in [-0.3, -0.25) is 9.80 Å². The smallest absolute Gasteiger partial charge is 0.170 e. The number of hydrogen-bond donors (Lipinski definition) is 2. The summed E-state index contributed by atoms with van der Waals surface area (Å²) in [6, 6.07) is 8.88. The van der Waals surface area contributed by atoms with Crippen LogP contribution in [0.2, 0.25) is 0 Å². The van der Waals surface area contributed by atoms with Crippen molar-refractivity contribution in [2.75, 3.05) is 64.1 Å². The molecule has 1 aromatic carbocycles. The van der Waals surface area contributed by atoms with Gasteiger partial charge < -0.3 is 15.5 Å². The van der Waals surface area contributed by atoms with Crippen LogP contribution in [0.3, 0.4) is 0 Å². The molecule has 0 radical (unpaired) electrons. The van der Waals surface area contributed by atoms with Crippen molar-refractivity contribution in [3.63, 3.8) is 0 Å². The van der Waals surface area contributed by atoms with Gasteiger partial charge in [-0.05, 0) is 74.8 Å². The molecule has 3 aliphatic rings. The fraction of sp³-hybridized carbons (Fsp3) is 0.591. The van der Waals surface area contributed by atoms with E-state index >= 15 is 0 Å². The van der Waals surface area contributed by atoms with Gasteiger partial charge in [-0.2, -0.15) is 0 Å². The second-order valence-electron chi connectivity index (χ2n) is 8.37. The highest BCUT2D eigenvalue weighted by Crippen LogP contribution is 2.36. The molecule has 2 N–H and O–H groups in total. The average molecular weight is 400 g/mol. The van der Waals surface area contributed by atoms with E-state index in [2.05, 4.69) is 62.6 Å². The molecule has 28 heavy (non-hydrogen) atoms. The van der Waals surface area contributed by atoms with E-state index in [4.69, 9.17) is 18.6 Å². The van der Waals surface area contributed by atoms with Gasteiger partial charge in [0.1, 0.15) is 0 Å². The van der Waals surface area contributed by atoms with Gasteiger partial charge in [-0.25, -0.2) is 0 Å². The number of fused-ring (bicyclic) bond motifs is 3. The minimum absolute atomic E-state index is 0.573. The molecule has 0 saturated carbocycles. The Kier molecular flexibility index (Phi) is 7.17. The maximum absolute atomic E-state index is 5.51. The summed E-state index contributed by atoms with van der Waals surface area (Å²) in [6.07, 6.45) is 8.01. The average Bonchev–Trinajstić information content (AvgIpc) is 2.68. The third-order valence-corrected chi connectivity index (χ3v) is 6.31. The monoisotopic (exact) mass is 399 g/mol. The normalized spacial score (nSPS) is 26.0. The quantitative estimate of drug-likeness (QED) is 0.541. The third-order valence-electron chi connectivity index (χ3n) is 6.06. The van der Waals surface area contributed by atoms with Gasteiger partial charge in [0.25, 0.3) is 0 Å². The van der Waals surface area contributed by atoms with E-state index < -0.39 is 0 Å². The highest BCUT2D eigenvalue weighted by atomic mass is 32.1. The number of anilines is 2. The molecule has 2 bridgehead atoms. The number of benzene rings is 1. The van der Waals surface area contributed by atoms with Crippen molar-refractivity contribution < 1.29 is 0 Å². The maximum Gasteiger partial charge on any atom is 0.170 e. The highest BCUT2D eigenvalue weighted by Gasteiger charge is 2.40. The van der Waals surface area contributed by atoms with Gasteiger partial charge in [-0.15, -0.1) is 6.42 Å². The summed E-state index contributed by atoms with van der Waals surface area (Å²) < 4.78 is 0. The number of piperidine rings is 3. The van der Waals surface area contributed by atoms with Crippen LogP contribution in [0.15, 0.2) is 24.3 Å². The van der Waals surface area contributed by atoms with E-state index in [-0.39, 0.29) is 0 Å². The zero-order valence-corrected chi connectivity index (χ0v) is 18.1. The molecule has 4 rings (SSSR count). The number of hydrogen-bond acceptors (Lipinski definition) is 4. The number of terminal acetylenes is 1. The number of nitrogens with zero attached hydrogens (tertiary/aromatic N) is 3. The Bertz CT molecular complexity index is 696. The molecule has 5 nitrogen and oxygen atoms in total. The molecule has 3 saturated heterocycles. The minimum atomic E-state index is 0.573. The van der Waals surface area contributed by atoms with Crippen molar-refractivity contribution in [2.24, 2.45) is 11.8 Å². The second-order valence-corrected chi connectivity index (χ2v) is 8.78. The number of rotatable bonds is 7. The molecule has 6 heteroatoms. The lowest BCUT2D eigenvalue weighted by Gasteiger charge is -2.50. The Hall–Kier alpha value is -1.81. The van der Waals surface area contributed by atoms with Crippen LogP contribution in [0.4, 0.5) is 11.4 Å². The highest BCUT2D eigenvalue weighted by molar-refractivity contribution is 7.80. The minimum Gasteiger partial charge on any atom is -0.378 e. The number of nitrogens with one attached hydrogen (secondary N) is 2. The molecule has 0 amide bonds. The van der Waals surface area contributed by atoms with E-state index in [1.165, 1.54) is 31.6 Å². The van der Waals surface area contributed by atoms with Gasteiger partial charge >= 0.3 is 0 Å². The molecule has 3 aliphatic heterocycles. The molecule has 1 aromatic rings. The van der Waals surface area contributed by atoms with E-state index in [0.717, 1.165) is 37.2 Å². The third kappa shape index (κ3) is 5.38. The lowest BCUT2D eigenvalue weighted by molar-refractivity contribution is -0.00646. The van der Waals surface area contributed by atoms with E-state index in [0.29, 0.717) is 11.2 Å². The zero-order valence-electron chi connectivity index (χ0n) is 17.3. The first-order valence-electron chi connectivity index (χ1n) is 10.1. The maximum atomic E-state index is 5.51. The molecule has 0 spiro atoms. The van der Waals surface area contributed by atoms with Gasteiger partial charge in [0.05, 0.1) is 6.54 Å². The van der Waals surface area contributed by atoms with Crippen LogP contribution in [-0.2, 0) is 0 Å². The molecule has 152 valence electrons. The standard InChI is InChI=1S/C22H33N5S/c1-5-11-26(4)15-18-16-27-12-10-17(18)13-21(27)14-23-22(28)24-19-6-8-20(9-7-19)25(2)3/h1,6-9,17-18,21H,10-16H2,2-4H3,(H2,23,24,28). The lowest BCUT2D eigenvalue weighted by Crippen LogP contribution is -2.58. The molecule has 0 aromatic heterocycles. The molecular formula is C22H33N5S. The van der Waals surface area contributed by atoms with Crippen LogP contribution in [0.1, 0.15) is 12.8 Å². The number of thiocarbonyl (C=S) groups is 1. The molecule has 4 atom stereocenters. The van der Waals surface area contributed by atoms with Gasteiger partial charge in [0.15, 0.2) is 5.11 Å². The van der Waals surface area contributed by atoms with E-state index in [9.17, 15) is 0 Å². The summed E-state index contributed by atoms with van der Waals surface area (Å²) in [5.74, 6) is 4.29. The Labute approximate surface area is 175 Å². The largest absolute Gasteiger partial charge is 0.378 e. The Morgan fingerprint density at radius 3 is 2.64 bits per heavy atom. The molecule has 0 aliphatic carbocycles.